The number of rotatable bonds is 6. The van der Waals surface area contributed by atoms with Crippen molar-refractivity contribution in [3.8, 4) is 17.1 Å². The normalized spacial score (nSPS) is 10.8. The Balaban J connectivity index is 1.64. The van der Waals surface area contributed by atoms with E-state index in [1.165, 1.54) is 0 Å². The molecule has 1 aromatic heterocycles. The van der Waals surface area contributed by atoms with Gasteiger partial charge < -0.3 is 4.74 Å². The molecule has 6 nitrogen and oxygen atoms in total. The van der Waals surface area contributed by atoms with E-state index in [9.17, 15) is 9.59 Å². The summed E-state index contributed by atoms with van der Waals surface area (Å²) < 4.78 is 7.62. The quantitative estimate of drug-likeness (QED) is 0.228. The molecule has 0 amide bonds. The van der Waals surface area contributed by atoms with Gasteiger partial charge in [-0.05, 0) is 49.7 Å². The maximum atomic E-state index is 12.7. The highest BCUT2D eigenvalue weighted by Gasteiger charge is 2.21. The van der Waals surface area contributed by atoms with Gasteiger partial charge in [0.25, 0.3) is 5.82 Å². The Morgan fingerprint density at radius 3 is 2.48 bits per heavy atom. The van der Waals surface area contributed by atoms with E-state index in [1.54, 1.807) is 35.0 Å². The summed E-state index contributed by atoms with van der Waals surface area (Å²) >= 11 is 9.64. The maximum Gasteiger partial charge on any atom is 0.378 e. The molecule has 1 heterocycles. The number of aromatic nitrogens is 3. The summed E-state index contributed by atoms with van der Waals surface area (Å²) in [5, 5.41) is 4.95. The largest absolute Gasteiger partial charge is 0.451 e. The van der Waals surface area contributed by atoms with E-state index >= 15 is 0 Å². The number of benzene rings is 3. The number of nitrogens with zero attached hydrogens (tertiary/aromatic N) is 3. The number of hydrogen-bond donors (Lipinski definition) is 0. The molecule has 0 N–H and O–H groups in total. The van der Waals surface area contributed by atoms with E-state index in [0.29, 0.717) is 22.1 Å². The molecule has 0 spiro atoms. The van der Waals surface area contributed by atoms with Crippen molar-refractivity contribution in [3.63, 3.8) is 0 Å². The average Bonchev–Trinajstić information content (AvgIpc) is 3.25. The average molecular weight is 525 g/mol. The number of aryl methyl sites for hydroxylation is 2. The van der Waals surface area contributed by atoms with Gasteiger partial charge in [-0.1, -0.05) is 69.5 Å². The third-order valence-corrected chi connectivity index (χ3v) is 5.90. The van der Waals surface area contributed by atoms with Gasteiger partial charge in [0.1, 0.15) is 0 Å². The highest BCUT2D eigenvalue weighted by atomic mass is 79.9. The van der Waals surface area contributed by atoms with Gasteiger partial charge in [0.15, 0.2) is 18.2 Å². The van der Waals surface area contributed by atoms with Crippen molar-refractivity contribution in [2.75, 3.05) is 6.61 Å². The van der Waals surface area contributed by atoms with Crippen molar-refractivity contribution in [1.29, 1.82) is 0 Å². The van der Waals surface area contributed by atoms with Gasteiger partial charge in [-0.2, -0.15) is 0 Å². The smallest absolute Gasteiger partial charge is 0.378 e. The van der Waals surface area contributed by atoms with Gasteiger partial charge in [0, 0.05) is 20.6 Å². The van der Waals surface area contributed by atoms with Gasteiger partial charge in [0.2, 0.25) is 0 Å². The first kappa shape index (κ1) is 22.9. The van der Waals surface area contributed by atoms with Crippen molar-refractivity contribution in [1.82, 2.24) is 14.8 Å². The van der Waals surface area contributed by atoms with Crippen LogP contribution in [0.2, 0.25) is 5.02 Å². The van der Waals surface area contributed by atoms with Crippen molar-refractivity contribution in [3.05, 3.63) is 98.7 Å². The fraction of sp³-hybridized carbons (Fsp3) is 0.120. The Hall–Kier alpha value is -3.29. The third kappa shape index (κ3) is 5.21. The minimum Gasteiger partial charge on any atom is -0.451 e. The van der Waals surface area contributed by atoms with E-state index in [4.69, 9.17) is 16.3 Å². The standard InChI is InChI=1S/C25H19BrClN3O3/c1-15-4-3-5-18(12-15)24-28-23(29-30(24)20-11-6-16(2)21(27)13-20)25(32)33-14-22(31)17-7-9-19(26)10-8-17/h3-13H,14H2,1-2H3. The van der Waals surface area contributed by atoms with E-state index < -0.39 is 12.6 Å². The highest BCUT2D eigenvalue weighted by molar-refractivity contribution is 9.10. The molecule has 4 rings (SSSR count). The van der Waals surface area contributed by atoms with Gasteiger partial charge in [-0.25, -0.2) is 14.5 Å². The molecule has 0 atom stereocenters. The van der Waals surface area contributed by atoms with E-state index in [2.05, 4.69) is 26.0 Å². The van der Waals surface area contributed by atoms with Crippen LogP contribution in [-0.4, -0.2) is 33.1 Å². The number of hydrogen-bond acceptors (Lipinski definition) is 5. The second kappa shape index (κ2) is 9.68. The topological polar surface area (TPSA) is 74.1 Å². The lowest BCUT2D eigenvalue weighted by Gasteiger charge is -2.08. The predicted molar refractivity (Wildman–Crippen MR) is 130 cm³/mol. The molecule has 0 aliphatic heterocycles. The van der Waals surface area contributed by atoms with Crippen molar-refractivity contribution in [2.24, 2.45) is 0 Å². The van der Waals surface area contributed by atoms with Crippen molar-refractivity contribution < 1.29 is 14.3 Å². The zero-order valence-electron chi connectivity index (χ0n) is 17.9. The second-order valence-corrected chi connectivity index (χ2v) is 8.80. The number of ether oxygens (including phenoxy) is 1. The summed E-state index contributed by atoms with van der Waals surface area (Å²) in [6.45, 7) is 3.46. The van der Waals surface area contributed by atoms with Gasteiger partial charge in [-0.15, -0.1) is 5.10 Å². The van der Waals surface area contributed by atoms with Crippen LogP contribution in [0, 0.1) is 13.8 Å². The number of esters is 1. The van der Waals surface area contributed by atoms with Crippen molar-refractivity contribution >= 4 is 39.3 Å². The summed E-state index contributed by atoms with van der Waals surface area (Å²) in [5.74, 6) is -0.789. The van der Waals surface area contributed by atoms with E-state index in [-0.39, 0.29) is 11.6 Å². The molecule has 0 fully saturated rings. The van der Waals surface area contributed by atoms with Gasteiger partial charge in [-0.3, -0.25) is 4.79 Å². The summed E-state index contributed by atoms with van der Waals surface area (Å²) in [5.41, 5.74) is 3.83. The first-order valence-electron chi connectivity index (χ1n) is 10.1. The molecule has 0 aliphatic carbocycles. The van der Waals surface area contributed by atoms with Gasteiger partial charge in [0.05, 0.1) is 5.69 Å². The Bertz CT molecular complexity index is 1350. The van der Waals surface area contributed by atoms with Crippen LogP contribution in [0.4, 0.5) is 0 Å². The fourth-order valence-electron chi connectivity index (χ4n) is 3.18. The molecule has 3 aromatic carbocycles. The molecule has 0 unspecified atom stereocenters. The minimum atomic E-state index is -0.786. The molecular formula is C25H19BrClN3O3. The lowest BCUT2D eigenvalue weighted by molar-refractivity contribution is 0.0462. The van der Waals surface area contributed by atoms with Crippen LogP contribution in [0.5, 0.6) is 0 Å². The maximum absolute atomic E-state index is 12.7. The molecule has 0 aliphatic rings. The first-order chi connectivity index (χ1) is 15.8. The Labute approximate surface area is 204 Å². The van der Waals surface area contributed by atoms with Crippen LogP contribution in [0.1, 0.15) is 32.1 Å². The number of halogens is 2. The number of Topliss-reactive ketones (excluding diaryl/α,β-unsaturated/α-hetero) is 1. The van der Waals surface area contributed by atoms with Crippen LogP contribution < -0.4 is 0 Å². The van der Waals surface area contributed by atoms with E-state index in [1.807, 2.05) is 50.2 Å². The molecule has 8 heteroatoms. The van der Waals surface area contributed by atoms with Gasteiger partial charge >= 0.3 is 5.97 Å². The third-order valence-electron chi connectivity index (χ3n) is 4.97. The Morgan fingerprint density at radius 2 is 1.79 bits per heavy atom. The summed E-state index contributed by atoms with van der Waals surface area (Å²) in [7, 11) is 0. The predicted octanol–water partition coefficient (Wildman–Crippen LogP) is 6.01. The molecule has 0 saturated carbocycles. The summed E-state index contributed by atoms with van der Waals surface area (Å²) in [6.07, 6.45) is 0. The SMILES string of the molecule is Cc1cccc(-c2nc(C(=O)OCC(=O)c3ccc(Br)cc3)nn2-c2ccc(C)c(Cl)c2)c1. The van der Waals surface area contributed by atoms with Crippen LogP contribution in [-0.2, 0) is 4.74 Å². The lowest BCUT2D eigenvalue weighted by atomic mass is 10.1. The molecule has 33 heavy (non-hydrogen) atoms. The highest BCUT2D eigenvalue weighted by Crippen LogP contribution is 2.25. The number of carbonyl (C=O) groups excluding carboxylic acids is 2. The lowest BCUT2D eigenvalue weighted by Crippen LogP contribution is -2.15. The number of ketones is 1. The monoisotopic (exact) mass is 523 g/mol. The molecular weight excluding hydrogens is 506 g/mol. The molecule has 0 saturated heterocycles. The summed E-state index contributed by atoms with van der Waals surface area (Å²) in [6, 6.07) is 20.0. The van der Waals surface area contributed by atoms with Crippen LogP contribution in [0.15, 0.2) is 71.2 Å². The molecule has 0 bridgehead atoms. The van der Waals surface area contributed by atoms with Crippen LogP contribution in [0.25, 0.3) is 17.1 Å². The number of carbonyl (C=O) groups is 2. The van der Waals surface area contributed by atoms with Crippen LogP contribution >= 0.6 is 27.5 Å². The zero-order valence-corrected chi connectivity index (χ0v) is 20.2. The van der Waals surface area contributed by atoms with Crippen molar-refractivity contribution in [2.45, 2.75) is 13.8 Å². The Morgan fingerprint density at radius 1 is 1.03 bits per heavy atom. The summed E-state index contributed by atoms with van der Waals surface area (Å²) in [4.78, 5) is 29.5. The minimum absolute atomic E-state index is 0.146. The first-order valence-corrected chi connectivity index (χ1v) is 11.3. The zero-order chi connectivity index (χ0) is 23.5. The second-order valence-electron chi connectivity index (χ2n) is 7.48. The fourth-order valence-corrected chi connectivity index (χ4v) is 3.62. The molecule has 166 valence electrons. The van der Waals surface area contributed by atoms with E-state index in [0.717, 1.165) is 21.2 Å². The Kier molecular flexibility index (Phi) is 6.72. The molecule has 0 radical (unpaired) electrons. The molecule has 4 aromatic rings. The van der Waals surface area contributed by atoms with Crippen LogP contribution in [0.3, 0.4) is 0 Å².